The predicted molar refractivity (Wildman–Crippen MR) is 154 cm³/mol. The summed E-state index contributed by atoms with van der Waals surface area (Å²) in [5.74, 6) is 0. The lowest BCUT2D eigenvalue weighted by atomic mass is 9.89. The van der Waals surface area contributed by atoms with Crippen LogP contribution in [0.4, 0.5) is 0 Å². The van der Waals surface area contributed by atoms with E-state index in [0.29, 0.717) is 0 Å². The van der Waals surface area contributed by atoms with Gasteiger partial charge in [0.1, 0.15) is 0 Å². The number of aryl methyl sites for hydroxylation is 6. The Labute approximate surface area is 212 Å². The molecule has 6 aromatic rings. The van der Waals surface area contributed by atoms with Gasteiger partial charge in [0.25, 0.3) is 0 Å². The fourth-order valence-electron chi connectivity index (χ4n) is 6.28. The Morgan fingerprint density at radius 3 is 1.25 bits per heavy atom. The van der Waals surface area contributed by atoms with Crippen LogP contribution in [-0.2, 0) is 0 Å². The first kappa shape index (κ1) is 22.4. The molecule has 0 amide bonds. The van der Waals surface area contributed by atoms with Gasteiger partial charge in [-0.1, -0.05) is 59.7 Å². The molecule has 36 heavy (non-hydrogen) atoms. The van der Waals surface area contributed by atoms with Crippen molar-refractivity contribution < 1.29 is 0 Å². The zero-order chi connectivity index (χ0) is 25.1. The molecular formula is C34H30N2. The van der Waals surface area contributed by atoms with Gasteiger partial charge < -0.3 is 0 Å². The molecule has 0 spiro atoms. The van der Waals surface area contributed by atoms with E-state index < -0.39 is 0 Å². The average Bonchev–Trinajstić information content (AvgIpc) is 2.82. The maximum absolute atomic E-state index is 4.93. The van der Waals surface area contributed by atoms with Crippen molar-refractivity contribution in [3.05, 3.63) is 106 Å². The molecule has 0 aliphatic carbocycles. The molecular weight excluding hydrogens is 436 g/mol. The molecule has 0 N–H and O–H groups in total. The van der Waals surface area contributed by atoms with Crippen molar-refractivity contribution in [1.82, 2.24) is 9.97 Å². The van der Waals surface area contributed by atoms with E-state index in [1.807, 2.05) is 12.4 Å². The van der Waals surface area contributed by atoms with Gasteiger partial charge in [-0.15, -0.1) is 0 Å². The van der Waals surface area contributed by atoms with Crippen molar-refractivity contribution in [1.29, 1.82) is 0 Å². The SMILES string of the molecule is Cc1cc(C)c(-c2ccnc3c2ccc2ccc4c(-c5c(C)cc(C)cc5C)ccnc4c23)c(C)c1. The number of benzene rings is 4. The van der Waals surface area contributed by atoms with E-state index in [1.165, 1.54) is 71.8 Å². The van der Waals surface area contributed by atoms with Crippen molar-refractivity contribution in [3.8, 4) is 22.3 Å². The van der Waals surface area contributed by atoms with Crippen LogP contribution in [0.2, 0.25) is 0 Å². The molecule has 0 unspecified atom stereocenters. The highest BCUT2D eigenvalue weighted by atomic mass is 14.7. The average molecular weight is 467 g/mol. The molecule has 6 rings (SSSR count). The normalized spacial score (nSPS) is 11.6. The maximum Gasteiger partial charge on any atom is 0.0808 e. The molecule has 0 atom stereocenters. The molecule has 2 heterocycles. The zero-order valence-electron chi connectivity index (χ0n) is 21.8. The van der Waals surface area contributed by atoms with Crippen LogP contribution in [0.3, 0.4) is 0 Å². The summed E-state index contributed by atoms with van der Waals surface area (Å²) in [6, 6.07) is 22.3. The van der Waals surface area contributed by atoms with Gasteiger partial charge in [0, 0.05) is 28.6 Å². The fraction of sp³-hybridized carbons (Fsp3) is 0.176. The van der Waals surface area contributed by atoms with Gasteiger partial charge in [0.2, 0.25) is 0 Å². The Morgan fingerprint density at radius 2 is 0.861 bits per heavy atom. The van der Waals surface area contributed by atoms with Crippen LogP contribution >= 0.6 is 0 Å². The van der Waals surface area contributed by atoms with Crippen LogP contribution in [0, 0.1) is 41.5 Å². The Balaban J connectivity index is 1.71. The second kappa shape index (κ2) is 8.27. The number of hydrogen-bond acceptors (Lipinski definition) is 2. The van der Waals surface area contributed by atoms with E-state index in [0.717, 1.165) is 16.4 Å². The smallest absolute Gasteiger partial charge is 0.0808 e. The van der Waals surface area contributed by atoms with Gasteiger partial charge in [-0.05, 0) is 104 Å². The Bertz CT molecular complexity index is 1660. The lowest BCUT2D eigenvalue weighted by molar-refractivity contribution is 1.32. The molecule has 0 fully saturated rings. The van der Waals surface area contributed by atoms with E-state index in [1.54, 1.807) is 0 Å². The Morgan fingerprint density at radius 1 is 0.472 bits per heavy atom. The summed E-state index contributed by atoms with van der Waals surface area (Å²) in [5, 5.41) is 4.63. The number of nitrogens with zero attached hydrogens (tertiary/aromatic N) is 2. The summed E-state index contributed by atoms with van der Waals surface area (Å²) >= 11 is 0. The summed E-state index contributed by atoms with van der Waals surface area (Å²) in [7, 11) is 0. The van der Waals surface area contributed by atoms with E-state index in [2.05, 4.69) is 102 Å². The quantitative estimate of drug-likeness (QED) is 0.238. The zero-order valence-corrected chi connectivity index (χ0v) is 21.8. The summed E-state index contributed by atoms with van der Waals surface area (Å²) in [5.41, 5.74) is 14.8. The largest absolute Gasteiger partial charge is 0.255 e. The summed E-state index contributed by atoms with van der Waals surface area (Å²) in [6.07, 6.45) is 3.90. The standard InChI is InChI=1S/C34H30N2/c1-19-15-21(3)30(22(4)16-19)26-11-13-35-33-28(26)9-7-25-8-10-29-27(12-14-36-34(29)32(25)33)31-23(5)17-20(2)18-24(31)6/h7-18H,1-6H3. The molecule has 2 nitrogen and oxygen atoms in total. The third-order valence-corrected chi connectivity index (χ3v) is 7.49. The summed E-state index contributed by atoms with van der Waals surface area (Å²) in [6.45, 7) is 13.1. The first-order chi connectivity index (χ1) is 17.3. The van der Waals surface area contributed by atoms with Gasteiger partial charge in [-0.25, -0.2) is 0 Å². The number of fused-ring (bicyclic) bond motifs is 5. The van der Waals surface area contributed by atoms with Gasteiger partial charge in [-0.3, -0.25) is 9.97 Å². The lowest BCUT2D eigenvalue weighted by Gasteiger charge is -2.17. The van der Waals surface area contributed by atoms with Crippen LogP contribution in [0.5, 0.6) is 0 Å². The van der Waals surface area contributed by atoms with E-state index in [-0.39, 0.29) is 0 Å². The highest BCUT2D eigenvalue weighted by Gasteiger charge is 2.17. The molecule has 2 aromatic heterocycles. The van der Waals surface area contributed by atoms with E-state index in [9.17, 15) is 0 Å². The second-order valence-corrected chi connectivity index (χ2v) is 10.3. The molecule has 0 saturated carbocycles. The van der Waals surface area contributed by atoms with Gasteiger partial charge >= 0.3 is 0 Å². The highest BCUT2D eigenvalue weighted by molar-refractivity contribution is 6.21. The maximum atomic E-state index is 4.93. The number of rotatable bonds is 2. The summed E-state index contributed by atoms with van der Waals surface area (Å²) in [4.78, 5) is 9.86. The topological polar surface area (TPSA) is 25.8 Å². The summed E-state index contributed by atoms with van der Waals surface area (Å²) < 4.78 is 0. The van der Waals surface area contributed by atoms with Crippen molar-refractivity contribution >= 4 is 32.6 Å². The molecule has 0 saturated heterocycles. The van der Waals surface area contributed by atoms with Gasteiger partial charge in [0.15, 0.2) is 0 Å². The lowest BCUT2D eigenvalue weighted by Crippen LogP contribution is -1.95. The molecule has 0 aliphatic heterocycles. The molecule has 176 valence electrons. The van der Waals surface area contributed by atoms with Crippen LogP contribution in [0.25, 0.3) is 54.8 Å². The molecule has 0 aliphatic rings. The number of hydrogen-bond donors (Lipinski definition) is 0. The van der Waals surface area contributed by atoms with E-state index in [4.69, 9.17) is 9.97 Å². The van der Waals surface area contributed by atoms with Crippen molar-refractivity contribution in [2.24, 2.45) is 0 Å². The van der Waals surface area contributed by atoms with Crippen LogP contribution in [-0.4, -0.2) is 9.97 Å². The third kappa shape index (κ3) is 3.40. The van der Waals surface area contributed by atoms with Crippen molar-refractivity contribution in [3.63, 3.8) is 0 Å². The first-order valence-electron chi connectivity index (χ1n) is 12.6. The van der Waals surface area contributed by atoms with Crippen molar-refractivity contribution in [2.45, 2.75) is 41.5 Å². The fourth-order valence-corrected chi connectivity index (χ4v) is 6.28. The minimum absolute atomic E-state index is 1.01. The molecule has 0 bridgehead atoms. The van der Waals surface area contributed by atoms with Gasteiger partial charge in [-0.2, -0.15) is 0 Å². The molecule has 4 aromatic carbocycles. The van der Waals surface area contributed by atoms with E-state index >= 15 is 0 Å². The van der Waals surface area contributed by atoms with Gasteiger partial charge in [0.05, 0.1) is 11.0 Å². The number of aromatic nitrogens is 2. The van der Waals surface area contributed by atoms with Crippen LogP contribution in [0.15, 0.2) is 73.1 Å². The van der Waals surface area contributed by atoms with Crippen molar-refractivity contribution in [2.75, 3.05) is 0 Å². The third-order valence-electron chi connectivity index (χ3n) is 7.49. The Kier molecular flexibility index (Phi) is 5.15. The second-order valence-electron chi connectivity index (χ2n) is 10.3. The van der Waals surface area contributed by atoms with Crippen LogP contribution in [0.1, 0.15) is 33.4 Å². The first-order valence-corrected chi connectivity index (χ1v) is 12.6. The monoisotopic (exact) mass is 466 g/mol. The minimum Gasteiger partial charge on any atom is -0.255 e. The predicted octanol–water partition coefficient (Wildman–Crippen LogP) is 9.12. The highest BCUT2D eigenvalue weighted by Crippen LogP contribution is 2.40. The number of pyridine rings is 2. The Hall–Kier alpha value is -4.04. The minimum atomic E-state index is 1.01. The van der Waals surface area contributed by atoms with Crippen LogP contribution < -0.4 is 0 Å². The molecule has 2 heteroatoms. The molecule has 0 radical (unpaired) electrons.